The molecule has 100 valence electrons. The number of piperazine rings is 1. The number of carbonyl (C=O) groups excluding carboxylic acids is 2. The van der Waals surface area contributed by atoms with E-state index < -0.39 is 5.97 Å². The van der Waals surface area contributed by atoms with Crippen LogP contribution in [0.25, 0.3) is 0 Å². The summed E-state index contributed by atoms with van der Waals surface area (Å²) in [6, 6.07) is 4.49. The summed E-state index contributed by atoms with van der Waals surface area (Å²) in [6.45, 7) is 1.75. The highest BCUT2D eigenvalue weighted by molar-refractivity contribution is 6.05. The van der Waals surface area contributed by atoms with Crippen molar-refractivity contribution in [2.45, 2.75) is 6.92 Å². The van der Waals surface area contributed by atoms with Gasteiger partial charge in [0.15, 0.2) is 0 Å². The zero-order valence-electron chi connectivity index (χ0n) is 10.7. The first kappa shape index (κ1) is 13.1. The molecule has 1 aliphatic heterocycles. The zero-order valence-corrected chi connectivity index (χ0v) is 10.7. The van der Waals surface area contributed by atoms with E-state index in [4.69, 9.17) is 5.11 Å². The molecule has 0 spiro atoms. The lowest BCUT2D eigenvalue weighted by Gasteiger charge is -2.32. The molecular weight excluding hydrogens is 248 g/mol. The molecule has 1 aromatic rings. The average Bonchev–Trinajstić information content (AvgIpc) is 2.34. The molecule has 6 nitrogen and oxygen atoms in total. The van der Waals surface area contributed by atoms with E-state index in [1.807, 2.05) is 0 Å². The summed E-state index contributed by atoms with van der Waals surface area (Å²) in [6.07, 6.45) is 0. The van der Waals surface area contributed by atoms with Gasteiger partial charge in [-0.1, -0.05) is 0 Å². The minimum Gasteiger partial charge on any atom is -0.478 e. The normalized spacial score (nSPS) is 15.9. The number of aromatic carboxylic acids is 1. The molecule has 1 N–H and O–H groups in total. The van der Waals surface area contributed by atoms with Crippen molar-refractivity contribution in [2.24, 2.45) is 0 Å². The summed E-state index contributed by atoms with van der Waals surface area (Å²) in [5, 5.41) is 8.90. The number of aryl methyl sites for hydroxylation is 1. The quantitative estimate of drug-likeness (QED) is 0.841. The fourth-order valence-electron chi connectivity index (χ4n) is 2.03. The van der Waals surface area contributed by atoms with Crippen molar-refractivity contribution in [3.05, 3.63) is 29.3 Å². The van der Waals surface area contributed by atoms with Crippen molar-refractivity contribution in [3.8, 4) is 0 Å². The number of carboxylic acids is 1. The summed E-state index contributed by atoms with van der Waals surface area (Å²) in [7, 11) is 1.58. The molecular formula is C13H14N2O4. The average molecular weight is 262 g/mol. The lowest BCUT2D eigenvalue weighted by atomic mass is 10.1. The van der Waals surface area contributed by atoms with Crippen LogP contribution < -0.4 is 4.90 Å². The smallest absolute Gasteiger partial charge is 0.335 e. The third-order valence-electron chi connectivity index (χ3n) is 3.13. The van der Waals surface area contributed by atoms with Gasteiger partial charge < -0.3 is 14.9 Å². The fourth-order valence-corrected chi connectivity index (χ4v) is 2.03. The van der Waals surface area contributed by atoms with Gasteiger partial charge in [0, 0.05) is 12.7 Å². The Labute approximate surface area is 110 Å². The van der Waals surface area contributed by atoms with Gasteiger partial charge in [-0.2, -0.15) is 0 Å². The molecule has 1 aromatic carbocycles. The van der Waals surface area contributed by atoms with Gasteiger partial charge in [-0.25, -0.2) is 4.79 Å². The molecule has 6 heteroatoms. The Balaban J connectivity index is 2.34. The molecule has 1 saturated heterocycles. The molecule has 1 aliphatic rings. The van der Waals surface area contributed by atoms with Crippen LogP contribution in [0.2, 0.25) is 0 Å². The number of hydrogen-bond acceptors (Lipinski definition) is 3. The Morgan fingerprint density at radius 2 is 1.89 bits per heavy atom. The first-order chi connectivity index (χ1) is 8.90. The predicted octanol–water partition coefficient (Wildman–Crippen LogP) is 0.498. The number of nitrogens with zero attached hydrogens (tertiary/aromatic N) is 2. The van der Waals surface area contributed by atoms with Crippen LogP contribution in [-0.4, -0.2) is 47.9 Å². The second kappa shape index (κ2) is 4.72. The molecule has 0 aromatic heterocycles. The van der Waals surface area contributed by atoms with E-state index >= 15 is 0 Å². The van der Waals surface area contributed by atoms with Crippen LogP contribution in [0.15, 0.2) is 18.2 Å². The third kappa shape index (κ3) is 2.42. The van der Waals surface area contributed by atoms with Gasteiger partial charge in [0.25, 0.3) is 0 Å². The van der Waals surface area contributed by atoms with E-state index in [-0.39, 0.29) is 30.5 Å². The van der Waals surface area contributed by atoms with Crippen molar-refractivity contribution < 1.29 is 19.5 Å². The minimum absolute atomic E-state index is 0.0113. The number of anilines is 1. The Kier molecular flexibility index (Phi) is 3.25. The van der Waals surface area contributed by atoms with Crippen molar-refractivity contribution in [1.82, 2.24) is 4.90 Å². The number of hydrogen-bond donors (Lipinski definition) is 1. The van der Waals surface area contributed by atoms with Gasteiger partial charge in [-0.15, -0.1) is 0 Å². The van der Waals surface area contributed by atoms with Crippen molar-refractivity contribution in [2.75, 3.05) is 25.0 Å². The molecule has 0 bridgehead atoms. The van der Waals surface area contributed by atoms with Gasteiger partial charge >= 0.3 is 5.97 Å². The summed E-state index contributed by atoms with van der Waals surface area (Å²) < 4.78 is 0. The molecule has 2 amide bonds. The lowest BCUT2D eigenvalue weighted by Crippen LogP contribution is -2.52. The first-order valence-electron chi connectivity index (χ1n) is 5.78. The standard InChI is InChI=1S/C13H14N2O4/c1-8-5-9(13(18)19)3-4-10(8)15-7-11(16)14(2)6-12(15)17/h3-5H,6-7H2,1-2H3,(H,18,19). The van der Waals surface area contributed by atoms with E-state index in [2.05, 4.69) is 0 Å². The number of benzene rings is 1. The zero-order chi connectivity index (χ0) is 14.2. The third-order valence-corrected chi connectivity index (χ3v) is 3.13. The summed E-state index contributed by atoms with van der Waals surface area (Å²) >= 11 is 0. The summed E-state index contributed by atoms with van der Waals surface area (Å²) in [4.78, 5) is 37.2. The number of rotatable bonds is 2. The highest BCUT2D eigenvalue weighted by Gasteiger charge is 2.29. The molecule has 1 heterocycles. The van der Waals surface area contributed by atoms with Crippen LogP contribution in [0.5, 0.6) is 0 Å². The fraction of sp³-hybridized carbons (Fsp3) is 0.308. The Bertz CT molecular complexity index is 568. The van der Waals surface area contributed by atoms with Gasteiger partial charge in [0.1, 0.15) is 6.54 Å². The second-order valence-electron chi connectivity index (χ2n) is 4.54. The van der Waals surface area contributed by atoms with Gasteiger partial charge in [0.2, 0.25) is 11.8 Å². The van der Waals surface area contributed by atoms with Crippen molar-refractivity contribution >= 4 is 23.5 Å². The first-order valence-corrected chi connectivity index (χ1v) is 5.78. The maximum absolute atomic E-state index is 11.9. The summed E-state index contributed by atoms with van der Waals surface area (Å²) in [5.74, 6) is -1.33. The number of carbonyl (C=O) groups is 3. The highest BCUT2D eigenvalue weighted by Crippen LogP contribution is 2.23. The molecule has 2 rings (SSSR count). The van der Waals surface area contributed by atoms with E-state index in [0.29, 0.717) is 11.3 Å². The van der Waals surface area contributed by atoms with Crippen LogP contribution in [-0.2, 0) is 9.59 Å². The van der Waals surface area contributed by atoms with Crippen LogP contribution in [0.1, 0.15) is 15.9 Å². The van der Waals surface area contributed by atoms with Crippen molar-refractivity contribution in [1.29, 1.82) is 0 Å². The largest absolute Gasteiger partial charge is 0.478 e. The Morgan fingerprint density at radius 1 is 1.21 bits per heavy atom. The lowest BCUT2D eigenvalue weighted by molar-refractivity contribution is -0.136. The molecule has 19 heavy (non-hydrogen) atoms. The maximum Gasteiger partial charge on any atom is 0.335 e. The van der Waals surface area contributed by atoms with Gasteiger partial charge in [-0.05, 0) is 30.7 Å². The monoisotopic (exact) mass is 262 g/mol. The Morgan fingerprint density at radius 3 is 2.47 bits per heavy atom. The van der Waals surface area contributed by atoms with E-state index in [1.54, 1.807) is 20.0 Å². The van der Waals surface area contributed by atoms with E-state index in [0.717, 1.165) is 0 Å². The number of amides is 2. The summed E-state index contributed by atoms with van der Waals surface area (Å²) in [5.41, 5.74) is 1.40. The minimum atomic E-state index is -1.02. The molecule has 0 aliphatic carbocycles. The number of likely N-dealkylation sites (N-methyl/N-ethyl adjacent to an activating group) is 1. The molecule has 0 radical (unpaired) electrons. The Hall–Kier alpha value is -2.37. The molecule has 0 atom stereocenters. The van der Waals surface area contributed by atoms with Crippen LogP contribution in [0.4, 0.5) is 5.69 Å². The second-order valence-corrected chi connectivity index (χ2v) is 4.54. The molecule has 1 fully saturated rings. The SMILES string of the molecule is Cc1cc(C(=O)O)ccc1N1CC(=O)N(C)CC1=O. The van der Waals surface area contributed by atoms with Crippen LogP contribution >= 0.6 is 0 Å². The molecule has 0 unspecified atom stereocenters. The predicted molar refractivity (Wildman–Crippen MR) is 68.1 cm³/mol. The van der Waals surface area contributed by atoms with Crippen molar-refractivity contribution in [3.63, 3.8) is 0 Å². The van der Waals surface area contributed by atoms with Gasteiger partial charge in [-0.3, -0.25) is 9.59 Å². The highest BCUT2D eigenvalue weighted by atomic mass is 16.4. The van der Waals surface area contributed by atoms with Crippen LogP contribution in [0, 0.1) is 6.92 Å². The van der Waals surface area contributed by atoms with E-state index in [9.17, 15) is 14.4 Å². The van der Waals surface area contributed by atoms with Crippen LogP contribution in [0.3, 0.4) is 0 Å². The topological polar surface area (TPSA) is 77.9 Å². The molecule has 0 saturated carbocycles. The number of carboxylic acid groups (broad SMARTS) is 1. The van der Waals surface area contributed by atoms with E-state index in [1.165, 1.54) is 21.9 Å². The maximum atomic E-state index is 11.9. The van der Waals surface area contributed by atoms with Gasteiger partial charge in [0.05, 0.1) is 12.1 Å².